The number of hydrogen-bond acceptors (Lipinski definition) is 3. The van der Waals surface area contributed by atoms with Crippen molar-refractivity contribution in [2.24, 2.45) is 11.1 Å². The molecule has 26 heavy (non-hydrogen) atoms. The highest BCUT2D eigenvalue weighted by Gasteiger charge is 2.62. The summed E-state index contributed by atoms with van der Waals surface area (Å²) in [6, 6.07) is 14.6. The number of rotatable bonds is 4. The maximum Gasteiger partial charge on any atom is 0.245 e. The SMILES string of the molecule is CCOC1CC(N)(C(=O)Nc2ccc3c(c2)Cc2ccccc2-3)C1(C)C. The van der Waals surface area contributed by atoms with Gasteiger partial charge in [-0.2, -0.15) is 0 Å². The lowest BCUT2D eigenvalue weighted by molar-refractivity contribution is -0.166. The number of benzene rings is 2. The van der Waals surface area contributed by atoms with Gasteiger partial charge >= 0.3 is 0 Å². The molecule has 0 aromatic heterocycles. The highest BCUT2D eigenvalue weighted by atomic mass is 16.5. The summed E-state index contributed by atoms with van der Waals surface area (Å²) >= 11 is 0. The third-order valence-electron chi connectivity index (χ3n) is 6.29. The maximum absolute atomic E-state index is 12.9. The van der Waals surface area contributed by atoms with E-state index in [2.05, 4.69) is 41.7 Å². The zero-order valence-corrected chi connectivity index (χ0v) is 15.6. The summed E-state index contributed by atoms with van der Waals surface area (Å²) in [5, 5.41) is 3.04. The first kappa shape index (κ1) is 17.3. The van der Waals surface area contributed by atoms with Crippen molar-refractivity contribution < 1.29 is 9.53 Å². The van der Waals surface area contributed by atoms with Gasteiger partial charge in [-0.1, -0.05) is 44.2 Å². The molecule has 2 aliphatic rings. The molecule has 3 N–H and O–H groups in total. The normalized spacial score (nSPS) is 25.2. The minimum absolute atomic E-state index is 0.0257. The fraction of sp³-hybridized carbons (Fsp3) is 0.409. The van der Waals surface area contributed by atoms with Crippen molar-refractivity contribution in [1.82, 2.24) is 0 Å². The lowest BCUT2D eigenvalue weighted by Crippen LogP contribution is -2.74. The highest BCUT2D eigenvalue weighted by Crippen LogP contribution is 2.50. The van der Waals surface area contributed by atoms with Crippen LogP contribution in [-0.4, -0.2) is 24.2 Å². The first-order valence-corrected chi connectivity index (χ1v) is 9.30. The molecule has 2 unspecified atom stereocenters. The molecule has 1 fully saturated rings. The molecule has 1 amide bonds. The standard InChI is InChI=1S/C22H26N2O2/c1-4-26-19-13-22(23,21(19,2)3)20(25)24-16-9-10-18-15(12-16)11-14-7-5-6-8-17(14)18/h5-10,12,19H,4,11,13,23H2,1-3H3,(H,24,25). The van der Waals surface area contributed by atoms with Gasteiger partial charge in [-0.05, 0) is 47.7 Å². The van der Waals surface area contributed by atoms with Crippen molar-refractivity contribution in [3.05, 3.63) is 53.6 Å². The van der Waals surface area contributed by atoms with Crippen LogP contribution in [0.15, 0.2) is 42.5 Å². The van der Waals surface area contributed by atoms with Crippen LogP contribution in [0.4, 0.5) is 5.69 Å². The van der Waals surface area contributed by atoms with Crippen LogP contribution in [-0.2, 0) is 16.0 Å². The Morgan fingerprint density at radius 3 is 2.65 bits per heavy atom. The molecule has 136 valence electrons. The number of ether oxygens (including phenoxy) is 1. The average molecular weight is 350 g/mol. The molecule has 4 rings (SSSR count). The second-order valence-corrected chi connectivity index (χ2v) is 8.00. The van der Waals surface area contributed by atoms with Crippen molar-refractivity contribution in [3.63, 3.8) is 0 Å². The zero-order chi connectivity index (χ0) is 18.5. The van der Waals surface area contributed by atoms with Gasteiger partial charge in [-0.3, -0.25) is 4.79 Å². The van der Waals surface area contributed by atoms with Gasteiger partial charge in [0.05, 0.1) is 6.10 Å². The third-order valence-corrected chi connectivity index (χ3v) is 6.29. The molecule has 0 spiro atoms. The predicted octanol–water partition coefficient (Wildman–Crippen LogP) is 3.73. The molecule has 2 aliphatic carbocycles. The average Bonchev–Trinajstić information content (AvgIpc) is 2.99. The van der Waals surface area contributed by atoms with Crippen LogP contribution >= 0.6 is 0 Å². The number of hydrogen-bond donors (Lipinski definition) is 2. The van der Waals surface area contributed by atoms with Crippen LogP contribution in [0.5, 0.6) is 0 Å². The van der Waals surface area contributed by atoms with E-state index in [-0.39, 0.29) is 17.4 Å². The molecule has 2 aromatic carbocycles. The Morgan fingerprint density at radius 2 is 1.92 bits per heavy atom. The molecule has 0 heterocycles. The van der Waals surface area contributed by atoms with Crippen LogP contribution in [0.2, 0.25) is 0 Å². The summed E-state index contributed by atoms with van der Waals surface area (Å²) in [5.41, 5.74) is 11.1. The van der Waals surface area contributed by atoms with E-state index in [9.17, 15) is 4.79 Å². The number of carbonyl (C=O) groups excluding carboxylic acids is 1. The largest absolute Gasteiger partial charge is 0.378 e. The van der Waals surface area contributed by atoms with Crippen molar-refractivity contribution >= 4 is 11.6 Å². The van der Waals surface area contributed by atoms with E-state index in [1.165, 1.54) is 22.3 Å². The minimum atomic E-state index is -0.908. The van der Waals surface area contributed by atoms with E-state index in [4.69, 9.17) is 10.5 Å². The predicted molar refractivity (Wildman–Crippen MR) is 104 cm³/mol. The number of anilines is 1. The van der Waals surface area contributed by atoms with Gasteiger partial charge in [0.1, 0.15) is 5.54 Å². The van der Waals surface area contributed by atoms with Crippen molar-refractivity contribution in [3.8, 4) is 11.1 Å². The van der Waals surface area contributed by atoms with E-state index < -0.39 is 5.54 Å². The van der Waals surface area contributed by atoms with Gasteiger partial charge in [0.25, 0.3) is 0 Å². The van der Waals surface area contributed by atoms with Crippen LogP contribution in [0.3, 0.4) is 0 Å². The summed E-state index contributed by atoms with van der Waals surface area (Å²) in [5.74, 6) is -0.131. The lowest BCUT2D eigenvalue weighted by Gasteiger charge is -2.57. The Bertz CT molecular complexity index is 874. The molecule has 2 aromatic rings. The van der Waals surface area contributed by atoms with E-state index in [1.807, 2.05) is 26.8 Å². The molecular weight excluding hydrogens is 324 g/mol. The molecule has 4 heteroatoms. The van der Waals surface area contributed by atoms with Gasteiger partial charge in [0.15, 0.2) is 0 Å². The molecule has 0 radical (unpaired) electrons. The summed E-state index contributed by atoms with van der Waals surface area (Å²) in [7, 11) is 0. The number of carbonyl (C=O) groups is 1. The van der Waals surface area contributed by atoms with Crippen molar-refractivity contribution in [2.45, 2.75) is 45.3 Å². The first-order chi connectivity index (χ1) is 12.4. The van der Waals surface area contributed by atoms with Gasteiger partial charge in [0.2, 0.25) is 5.91 Å². The lowest BCUT2D eigenvalue weighted by atomic mass is 9.54. The second-order valence-electron chi connectivity index (χ2n) is 8.00. The highest BCUT2D eigenvalue weighted by molar-refractivity contribution is 6.00. The molecule has 0 aliphatic heterocycles. The number of amides is 1. The Balaban J connectivity index is 1.52. The zero-order valence-electron chi connectivity index (χ0n) is 15.6. The molecular formula is C22H26N2O2. The maximum atomic E-state index is 12.9. The van der Waals surface area contributed by atoms with Crippen LogP contribution in [0, 0.1) is 5.41 Å². The van der Waals surface area contributed by atoms with Crippen LogP contribution < -0.4 is 11.1 Å². The van der Waals surface area contributed by atoms with Gasteiger partial charge in [-0.25, -0.2) is 0 Å². The summed E-state index contributed by atoms with van der Waals surface area (Å²) < 4.78 is 5.73. The fourth-order valence-electron chi connectivity index (χ4n) is 4.29. The Labute approximate surface area is 154 Å². The van der Waals surface area contributed by atoms with Gasteiger partial charge in [-0.15, -0.1) is 0 Å². The molecule has 0 bridgehead atoms. The van der Waals surface area contributed by atoms with Crippen LogP contribution in [0.25, 0.3) is 11.1 Å². The topological polar surface area (TPSA) is 64.3 Å². The van der Waals surface area contributed by atoms with Gasteiger partial charge < -0.3 is 15.8 Å². The first-order valence-electron chi connectivity index (χ1n) is 9.30. The van der Waals surface area contributed by atoms with Gasteiger partial charge in [0, 0.05) is 24.1 Å². The Hall–Kier alpha value is -2.17. The molecule has 2 atom stereocenters. The second kappa shape index (κ2) is 5.93. The molecule has 0 saturated heterocycles. The van der Waals surface area contributed by atoms with E-state index in [1.54, 1.807) is 0 Å². The van der Waals surface area contributed by atoms with E-state index in [0.29, 0.717) is 13.0 Å². The quantitative estimate of drug-likeness (QED) is 0.753. The number of nitrogens with two attached hydrogens (primary N) is 1. The Kier molecular flexibility index (Phi) is 3.94. The summed E-state index contributed by atoms with van der Waals surface area (Å²) in [4.78, 5) is 12.9. The molecule has 4 nitrogen and oxygen atoms in total. The monoisotopic (exact) mass is 350 g/mol. The van der Waals surface area contributed by atoms with Crippen molar-refractivity contribution in [2.75, 3.05) is 11.9 Å². The summed E-state index contributed by atoms with van der Waals surface area (Å²) in [6.45, 7) is 6.62. The minimum Gasteiger partial charge on any atom is -0.378 e. The number of fused-ring (bicyclic) bond motifs is 3. The van der Waals surface area contributed by atoms with E-state index >= 15 is 0 Å². The Morgan fingerprint density at radius 1 is 1.19 bits per heavy atom. The smallest absolute Gasteiger partial charge is 0.245 e. The van der Waals surface area contributed by atoms with E-state index in [0.717, 1.165) is 12.1 Å². The van der Waals surface area contributed by atoms with Crippen LogP contribution in [0.1, 0.15) is 38.3 Å². The third kappa shape index (κ3) is 2.40. The summed E-state index contributed by atoms with van der Waals surface area (Å²) in [6.07, 6.45) is 1.48. The fourth-order valence-corrected chi connectivity index (χ4v) is 4.29. The van der Waals surface area contributed by atoms with Crippen molar-refractivity contribution in [1.29, 1.82) is 0 Å². The molecule has 1 saturated carbocycles. The number of nitrogens with one attached hydrogen (secondary N) is 1.